The van der Waals surface area contributed by atoms with Crippen LogP contribution >= 0.6 is 0 Å². The summed E-state index contributed by atoms with van der Waals surface area (Å²) in [6, 6.07) is -0.958. The van der Waals surface area contributed by atoms with Crippen LogP contribution in [0, 0.1) is 5.92 Å². The van der Waals surface area contributed by atoms with Crippen LogP contribution in [-0.2, 0) is 14.3 Å². The minimum absolute atomic E-state index is 0.00223. The lowest BCUT2D eigenvalue weighted by atomic mass is 9.95. The lowest BCUT2D eigenvalue weighted by Crippen LogP contribution is -2.53. The number of nitrogens with zero attached hydrogens (tertiary/aromatic N) is 3. The Balaban J connectivity index is 1.50. The maximum absolute atomic E-state index is 12.7. The Labute approximate surface area is 151 Å². The second-order valence-corrected chi connectivity index (χ2v) is 7.34. The molecule has 3 rings (SSSR count). The highest BCUT2D eigenvalue weighted by molar-refractivity contribution is 5.90. The van der Waals surface area contributed by atoms with Crippen LogP contribution in [0.5, 0.6) is 0 Å². The van der Waals surface area contributed by atoms with Gasteiger partial charge in [0.15, 0.2) is 0 Å². The average Bonchev–Trinajstić information content (AvgIpc) is 3.10. The van der Waals surface area contributed by atoms with Crippen molar-refractivity contribution in [2.24, 2.45) is 5.92 Å². The molecule has 3 heterocycles. The smallest absolute Gasteiger partial charge is 0.379 e. The Bertz CT molecular complexity index is 515. The minimum atomic E-state index is -4.92. The van der Waals surface area contributed by atoms with E-state index >= 15 is 0 Å². The van der Waals surface area contributed by atoms with Gasteiger partial charge in [0.05, 0.1) is 13.2 Å². The van der Waals surface area contributed by atoms with Gasteiger partial charge in [0.25, 0.3) is 0 Å². The van der Waals surface area contributed by atoms with Crippen LogP contribution in [0.2, 0.25) is 0 Å². The molecule has 2 amide bonds. The van der Waals surface area contributed by atoms with Crippen molar-refractivity contribution in [2.45, 2.75) is 37.9 Å². The normalized spacial score (nSPS) is 26.3. The van der Waals surface area contributed by atoms with E-state index in [2.05, 4.69) is 4.90 Å². The molecule has 26 heavy (non-hydrogen) atoms. The van der Waals surface area contributed by atoms with E-state index in [4.69, 9.17) is 4.74 Å². The van der Waals surface area contributed by atoms with Crippen molar-refractivity contribution in [3.63, 3.8) is 0 Å². The summed E-state index contributed by atoms with van der Waals surface area (Å²) in [7, 11) is 0. The maximum atomic E-state index is 12.7. The van der Waals surface area contributed by atoms with Gasteiger partial charge >= 0.3 is 12.1 Å². The van der Waals surface area contributed by atoms with Crippen molar-refractivity contribution in [3.8, 4) is 0 Å². The predicted molar refractivity (Wildman–Crippen MR) is 87.4 cm³/mol. The lowest BCUT2D eigenvalue weighted by molar-refractivity contribution is -0.187. The largest absolute Gasteiger partial charge is 0.471 e. The number of rotatable bonds is 3. The zero-order valence-electron chi connectivity index (χ0n) is 14.8. The second-order valence-electron chi connectivity index (χ2n) is 7.34. The molecule has 1 atom stereocenters. The molecule has 3 saturated heterocycles. The van der Waals surface area contributed by atoms with Gasteiger partial charge in [0, 0.05) is 39.3 Å². The molecule has 3 aliphatic rings. The molecule has 1 unspecified atom stereocenters. The first-order valence-corrected chi connectivity index (χ1v) is 9.33. The fourth-order valence-electron chi connectivity index (χ4n) is 4.12. The van der Waals surface area contributed by atoms with Crippen molar-refractivity contribution >= 4 is 11.8 Å². The van der Waals surface area contributed by atoms with E-state index in [-0.39, 0.29) is 12.5 Å². The fraction of sp³-hybridized carbons (Fsp3) is 0.882. The van der Waals surface area contributed by atoms with E-state index < -0.39 is 18.1 Å². The highest BCUT2D eigenvalue weighted by Gasteiger charge is 2.48. The number of morpholine rings is 1. The molecule has 0 aromatic rings. The van der Waals surface area contributed by atoms with Gasteiger partial charge < -0.3 is 14.5 Å². The molecule has 148 valence electrons. The molecular formula is C17H26F3N3O3. The molecule has 0 bridgehead atoms. The molecule has 0 saturated carbocycles. The molecule has 0 spiro atoms. The molecule has 3 fully saturated rings. The number of hydrogen-bond donors (Lipinski definition) is 0. The van der Waals surface area contributed by atoms with Crippen molar-refractivity contribution < 1.29 is 27.5 Å². The molecule has 9 heteroatoms. The van der Waals surface area contributed by atoms with Crippen LogP contribution in [-0.4, -0.2) is 91.2 Å². The van der Waals surface area contributed by atoms with E-state index in [0.29, 0.717) is 36.7 Å². The molecule has 0 aromatic carbocycles. The van der Waals surface area contributed by atoms with Gasteiger partial charge in [0.1, 0.15) is 6.04 Å². The van der Waals surface area contributed by atoms with Gasteiger partial charge in [-0.3, -0.25) is 14.5 Å². The maximum Gasteiger partial charge on any atom is 0.471 e. The van der Waals surface area contributed by atoms with Gasteiger partial charge in [-0.25, -0.2) is 0 Å². The topological polar surface area (TPSA) is 53.1 Å². The van der Waals surface area contributed by atoms with Crippen LogP contribution in [0.1, 0.15) is 25.7 Å². The fourth-order valence-corrected chi connectivity index (χ4v) is 4.12. The highest BCUT2D eigenvalue weighted by Crippen LogP contribution is 2.28. The van der Waals surface area contributed by atoms with E-state index in [1.54, 1.807) is 4.90 Å². The molecule has 3 aliphatic heterocycles. The van der Waals surface area contributed by atoms with Crippen molar-refractivity contribution in [2.75, 3.05) is 52.5 Å². The zero-order valence-corrected chi connectivity index (χ0v) is 14.8. The van der Waals surface area contributed by atoms with Crippen LogP contribution in [0.3, 0.4) is 0 Å². The number of halogens is 3. The number of carbonyl (C=O) groups is 2. The Hall–Kier alpha value is -1.35. The standard InChI is InChI=1S/C17H26F3N3O3/c18-17(19,20)16(25)23-5-1-2-14(23)15(24)22-6-3-13(4-7-22)12-21-8-10-26-11-9-21/h13-14H,1-12H2. The van der Waals surface area contributed by atoms with Crippen LogP contribution < -0.4 is 0 Å². The van der Waals surface area contributed by atoms with Gasteiger partial charge in [-0.15, -0.1) is 0 Å². The number of likely N-dealkylation sites (tertiary alicyclic amines) is 2. The lowest BCUT2D eigenvalue weighted by Gasteiger charge is -2.38. The first kappa shape index (κ1) is 19.4. The monoisotopic (exact) mass is 377 g/mol. The third kappa shape index (κ3) is 4.49. The van der Waals surface area contributed by atoms with Gasteiger partial charge in [-0.1, -0.05) is 0 Å². The van der Waals surface area contributed by atoms with E-state index in [9.17, 15) is 22.8 Å². The molecule has 6 nitrogen and oxygen atoms in total. The summed E-state index contributed by atoms with van der Waals surface area (Å²) in [5, 5.41) is 0. The molecule has 0 aromatic heterocycles. The van der Waals surface area contributed by atoms with Crippen LogP contribution in [0.25, 0.3) is 0 Å². The van der Waals surface area contributed by atoms with Crippen LogP contribution in [0.4, 0.5) is 13.2 Å². The van der Waals surface area contributed by atoms with Crippen molar-refractivity contribution in [1.29, 1.82) is 0 Å². The SMILES string of the molecule is O=C(C1CCCN1C(=O)C(F)(F)F)N1CCC(CN2CCOCC2)CC1. The van der Waals surface area contributed by atoms with Crippen molar-refractivity contribution in [1.82, 2.24) is 14.7 Å². The molecular weight excluding hydrogens is 351 g/mol. The predicted octanol–water partition coefficient (Wildman–Crippen LogP) is 1.11. The minimum Gasteiger partial charge on any atom is -0.379 e. The summed E-state index contributed by atoms with van der Waals surface area (Å²) in [6.45, 7) is 5.45. The Morgan fingerprint density at radius 2 is 1.62 bits per heavy atom. The number of hydrogen-bond acceptors (Lipinski definition) is 4. The first-order chi connectivity index (χ1) is 12.4. The van der Waals surface area contributed by atoms with Crippen LogP contribution in [0.15, 0.2) is 0 Å². The van der Waals surface area contributed by atoms with Gasteiger partial charge in [-0.2, -0.15) is 13.2 Å². The summed E-state index contributed by atoms with van der Waals surface area (Å²) in [4.78, 5) is 28.9. The summed E-state index contributed by atoms with van der Waals surface area (Å²) in [6.07, 6.45) is -2.47. The number of carbonyl (C=O) groups excluding carboxylic acids is 2. The number of alkyl halides is 3. The number of piperidine rings is 1. The third-order valence-corrected chi connectivity index (χ3v) is 5.59. The summed E-state index contributed by atoms with van der Waals surface area (Å²) < 4.78 is 43.5. The van der Waals surface area contributed by atoms with E-state index in [1.807, 2.05) is 0 Å². The summed E-state index contributed by atoms with van der Waals surface area (Å²) >= 11 is 0. The van der Waals surface area contributed by atoms with E-state index in [1.165, 1.54) is 0 Å². The Kier molecular flexibility index (Phi) is 6.06. The Morgan fingerprint density at radius 3 is 2.23 bits per heavy atom. The summed E-state index contributed by atoms with van der Waals surface area (Å²) in [5.41, 5.74) is 0. The number of amides is 2. The third-order valence-electron chi connectivity index (χ3n) is 5.59. The molecule has 0 N–H and O–H groups in total. The number of ether oxygens (including phenoxy) is 1. The van der Waals surface area contributed by atoms with Gasteiger partial charge in [0.2, 0.25) is 5.91 Å². The summed E-state index contributed by atoms with van der Waals surface area (Å²) in [5.74, 6) is -1.73. The second kappa shape index (κ2) is 8.12. The molecule has 0 radical (unpaired) electrons. The molecule has 0 aliphatic carbocycles. The highest BCUT2D eigenvalue weighted by atomic mass is 19.4. The first-order valence-electron chi connectivity index (χ1n) is 9.33. The zero-order chi connectivity index (χ0) is 18.7. The average molecular weight is 377 g/mol. The van der Waals surface area contributed by atoms with E-state index in [0.717, 1.165) is 45.7 Å². The quantitative estimate of drug-likeness (QED) is 0.740. The van der Waals surface area contributed by atoms with Crippen molar-refractivity contribution in [3.05, 3.63) is 0 Å². The van der Waals surface area contributed by atoms with Gasteiger partial charge in [-0.05, 0) is 31.6 Å². The Morgan fingerprint density at radius 1 is 0.962 bits per heavy atom.